The number of hydrogen-bond donors (Lipinski definition) is 1. The van der Waals surface area contributed by atoms with Crippen LogP contribution in [0.3, 0.4) is 0 Å². The van der Waals surface area contributed by atoms with Gasteiger partial charge in [-0.3, -0.25) is 4.79 Å². The molecule has 1 atom stereocenters. The molecule has 2 aromatic rings. The molecule has 1 N–H and O–H groups in total. The number of thiophene rings is 1. The Morgan fingerprint density at radius 2 is 2.00 bits per heavy atom. The van der Waals surface area contributed by atoms with E-state index in [0.717, 1.165) is 29.3 Å². The Kier molecular flexibility index (Phi) is 7.71. The van der Waals surface area contributed by atoms with Gasteiger partial charge < -0.3 is 14.8 Å². The number of methoxy groups -OCH3 is 1. The maximum Gasteiger partial charge on any atom is 0.341 e. The van der Waals surface area contributed by atoms with E-state index in [-0.39, 0.29) is 11.3 Å². The van der Waals surface area contributed by atoms with Crippen LogP contribution in [0.2, 0.25) is 0 Å². The summed E-state index contributed by atoms with van der Waals surface area (Å²) in [6, 6.07) is 5.26. The first-order valence-corrected chi connectivity index (χ1v) is 12.6. The van der Waals surface area contributed by atoms with Crippen LogP contribution in [0.4, 0.5) is 5.00 Å². The molecule has 0 spiro atoms. The number of anilines is 1. The van der Waals surface area contributed by atoms with Crippen molar-refractivity contribution in [2.24, 2.45) is 17.3 Å². The molecule has 1 aliphatic carbocycles. The van der Waals surface area contributed by atoms with E-state index in [1.54, 1.807) is 18.2 Å². The van der Waals surface area contributed by atoms with Crippen molar-refractivity contribution in [3.8, 4) is 5.75 Å². The molecule has 174 valence electrons. The molecule has 1 aliphatic rings. The Bertz CT molecular complexity index is 1010. The van der Waals surface area contributed by atoms with E-state index >= 15 is 0 Å². The zero-order chi connectivity index (χ0) is 23.6. The lowest BCUT2D eigenvalue weighted by Crippen LogP contribution is -2.26. The van der Waals surface area contributed by atoms with Gasteiger partial charge in [0.1, 0.15) is 10.8 Å². The van der Waals surface area contributed by atoms with E-state index < -0.39 is 5.97 Å². The minimum atomic E-state index is -0.398. The molecule has 1 aromatic carbocycles. The number of esters is 1. The van der Waals surface area contributed by atoms with Gasteiger partial charge in [0.25, 0.3) is 5.91 Å². The zero-order valence-corrected chi connectivity index (χ0v) is 22.0. The van der Waals surface area contributed by atoms with E-state index in [1.165, 1.54) is 23.3 Å². The van der Waals surface area contributed by atoms with Crippen LogP contribution in [0.1, 0.15) is 72.2 Å². The fraction of sp³-hybridized carbons (Fsp3) is 0.520. The summed E-state index contributed by atoms with van der Waals surface area (Å²) in [4.78, 5) is 26.8. The van der Waals surface area contributed by atoms with E-state index in [1.807, 2.05) is 0 Å². The van der Waals surface area contributed by atoms with Crippen molar-refractivity contribution in [2.75, 3.05) is 19.0 Å². The van der Waals surface area contributed by atoms with Crippen LogP contribution in [0.15, 0.2) is 22.7 Å². The van der Waals surface area contributed by atoms with E-state index in [4.69, 9.17) is 9.47 Å². The lowest BCUT2D eigenvalue weighted by molar-refractivity contribution is 0.0600. The predicted octanol–water partition coefficient (Wildman–Crippen LogP) is 6.74. The van der Waals surface area contributed by atoms with Gasteiger partial charge in [0.2, 0.25) is 0 Å². The smallest absolute Gasteiger partial charge is 0.341 e. The lowest BCUT2D eigenvalue weighted by Gasteiger charge is -2.33. The molecule has 1 unspecified atom stereocenters. The molecule has 32 heavy (non-hydrogen) atoms. The van der Waals surface area contributed by atoms with Crippen LogP contribution < -0.4 is 10.1 Å². The van der Waals surface area contributed by atoms with Crippen LogP contribution >= 0.6 is 27.3 Å². The minimum Gasteiger partial charge on any atom is -0.492 e. The molecule has 0 fully saturated rings. The molecule has 3 rings (SSSR count). The van der Waals surface area contributed by atoms with Gasteiger partial charge in [-0.1, -0.05) is 34.6 Å². The fourth-order valence-electron chi connectivity index (χ4n) is 3.92. The average Bonchev–Trinajstić information content (AvgIpc) is 3.08. The molecule has 7 heteroatoms. The first kappa shape index (κ1) is 24.8. The van der Waals surface area contributed by atoms with Crippen LogP contribution in [0.25, 0.3) is 0 Å². The number of benzene rings is 1. The highest BCUT2D eigenvalue weighted by Crippen LogP contribution is 2.44. The Morgan fingerprint density at radius 1 is 1.28 bits per heavy atom. The SMILES string of the molecule is COC(=O)c1c(NC(=O)c2ccc(OCC(C)C)c(Br)c2)sc2c1CCC(C(C)(C)C)C2. The van der Waals surface area contributed by atoms with Crippen molar-refractivity contribution in [3.05, 3.63) is 44.2 Å². The number of fused-ring (bicyclic) bond motifs is 1. The first-order chi connectivity index (χ1) is 15.0. The standard InChI is InChI=1S/C25H32BrNO4S/c1-14(2)13-31-19-10-7-15(11-18(19)26)22(28)27-23-21(24(29)30-6)17-9-8-16(25(3,4)5)12-20(17)32-23/h7,10-11,14,16H,8-9,12-13H2,1-6H3,(H,27,28). The number of halogens is 1. The van der Waals surface area contributed by atoms with Gasteiger partial charge in [0, 0.05) is 10.4 Å². The summed E-state index contributed by atoms with van der Waals surface area (Å²) in [5.74, 6) is 0.981. The molecule has 0 bridgehead atoms. The van der Waals surface area contributed by atoms with Crippen molar-refractivity contribution in [1.29, 1.82) is 0 Å². The van der Waals surface area contributed by atoms with Gasteiger partial charge in [0.15, 0.2) is 0 Å². The fourth-order valence-corrected chi connectivity index (χ4v) is 5.73. The summed E-state index contributed by atoms with van der Waals surface area (Å²) < 4.78 is 11.5. The number of carbonyl (C=O) groups excluding carboxylic acids is 2. The second-order valence-electron chi connectivity index (χ2n) is 9.81. The highest BCUT2D eigenvalue weighted by molar-refractivity contribution is 9.10. The average molecular weight is 523 g/mol. The molecular weight excluding hydrogens is 490 g/mol. The molecule has 0 saturated carbocycles. The topological polar surface area (TPSA) is 64.6 Å². The maximum atomic E-state index is 13.0. The van der Waals surface area contributed by atoms with Crippen LogP contribution in [0.5, 0.6) is 5.75 Å². The molecule has 1 heterocycles. The summed E-state index contributed by atoms with van der Waals surface area (Å²) in [7, 11) is 1.38. The number of hydrogen-bond acceptors (Lipinski definition) is 5. The molecule has 1 amide bonds. The molecule has 0 aliphatic heterocycles. The maximum absolute atomic E-state index is 13.0. The molecule has 5 nitrogen and oxygen atoms in total. The Hall–Kier alpha value is -1.86. The highest BCUT2D eigenvalue weighted by atomic mass is 79.9. The number of ether oxygens (including phenoxy) is 2. The van der Waals surface area contributed by atoms with Crippen LogP contribution in [0, 0.1) is 17.3 Å². The van der Waals surface area contributed by atoms with E-state index in [9.17, 15) is 9.59 Å². The second kappa shape index (κ2) is 9.96. The van der Waals surface area contributed by atoms with Crippen molar-refractivity contribution in [3.63, 3.8) is 0 Å². The Labute approximate surface area is 203 Å². The van der Waals surface area contributed by atoms with Gasteiger partial charge in [-0.05, 0) is 76.2 Å². The van der Waals surface area contributed by atoms with Gasteiger partial charge >= 0.3 is 5.97 Å². The Balaban J connectivity index is 1.85. The van der Waals surface area contributed by atoms with Crippen molar-refractivity contribution >= 4 is 44.1 Å². The van der Waals surface area contributed by atoms with Crippen molar-refractivity contribution in [2.45, 2.75) is 53.9 Å². The number of carbonyl (C=O) groups is 2. The number of rotatable bonds is 6. The highest BCUT2D eigenvalue weighted by Gasteiger charge is 2.34. The van der Waals surface area contributed by atoms with Crippen molar-refractivity contribution in [1.82, 2.24) is 0 Å². The van der Waals surface area contributed by atoms with Gasteiger partial charge in [-0.2, -0.15) is 0 Å². The van der Waals surface area contributed by atoms with E-state index in [2.05, 4.69) is 55.9 Å². The third kappa shape index (κ3) is 5.54. The summed E-state index contributed by atoms with van der Waals surface area (Å²) in [6.45, 7) is 11.5. The number of nitrogens with one attached hydrogen (secondary N) is 1. The van der Waals surface area contributed by atoms with Crippen LogP contribution in [-0.4, -0.2) is 25.6 Å². The quantitative estimate of drug-likeness (QED) is 0.427. The predicted molar refractivity (Wildman–Crippen MR) is 133 cm³/mol. The lowest BCUT2D eigenvalue weighted by atomic mass is 9.72. The third-order valence-corrected chi connectivity index (χ3v) is 7.66. The summed E-state index contributed by atoms with van der Waals surface area (Å²) in [6.07, 6.45) is 2.76. The van der Waals surface area contributed by atoms with Gasteiger partial charge in [-0.25, -0.2) is 4.79 Å². The molecular formula is C25H32BrNO4S. The Morgan fingerprint density at radius 3 is 2.59 bits per heavy atom. The van der Waals surface area contributed by atoms with Crippen LogP contribution in [-0.2, 0) is 17.6 Å². The molecule has 1 aromatic heterocycles. The second-order valence-corrected chi connectivity index (χ2v) is 11.8. The summed E-state index contributed by atoms with van der Waals surface area (Å²) in [5.41, 5.74) is 2.21. The minimum absolute atomic E-state index is 0.197. The zero-order valence-electron chi connectivity index (χ0n) is 19.6. The summed E-state index contributed by atoms with van der Waals surface area (Å²) >= 11 is 4.99. The third-order valence-electron chi connectivity index (χ3n) is 5.87. The number of amides is 1. The normalized spacial score (nSPS) is 15.9. The van der Waals surface area contributed by atoms with Crippen molar-refractivity contribution < 1.29 is 19.1 Å². The first-order valence-electron chi connectivity index (χ1n) is 11.0. The molecule has 0 radical (unpaired) electrons. The van der Waals surface area contributed by atoms with E-state index in [0.29, 0.717) is 40.3 Å². The van der Waals surface area contributed by atoms with Gasteiger partial charge in [0.05, 0.1) is 23.8 Å². The monoisotopic (exact) mass is 521 g/mol. The molecule has 0 saturated heterocycles. The largest absolute Gasteiger partial charge is 0.492 e. The summed E-state index contributed by atoms with van der Waals surface area (Å²) in [5, 5.41) is 3.53. The van der Waals surface area contributed by atoms with Gasteiger partial charge in [-0.15, -0.1) is 11.3 Å².